The first kappa shape index (κ1) is 11.2. The maximum Gasteiger partial charge on any atom is 0.157 e. The maximum atomic E-state index is 9.83. The Morgan fingerprint density at radius 3 is 2.33 bits per heavy atom. The van der Waals surface area contributed by atoms with E-state index in [4.69, 9.17) is 0 Å². The lowest BCUT2D eigenvalue weighted by Crippen LogP contribution is -2.22. The highest BCUT2D eigenvalue weighted by Gasteiger charge is 1.93. The number of unbranched alkanes of at least 4 members (excludes halogenated alkanes) is 5. The highest BCUT2D eigenvalue weighted by atomic mass is 16.7. The average molecular weight is 174 g/mol. The fourth-order valence-corrected chi connectivity index (χ4v) is 1.08. The first-order valence-corrected chi connectivity index (χ1v) is 4.65. The van der Waals surface area contributed by atoms with E-state index in [1.807, 2.05) is 0 Å². The Balaban J connectivity index is 2.86. The van der Waals surface area contributed by atoms with E-state index < -0.39 is 5.03 Å². The van der Waals surface area contributed by atoms with E-state index in [-0.39, 0.29) is 0 Å². The Kier molecular flexibility index (Phi) is 7.74. The summed E-state index contributed by atoms with van der Waals surface area (Å²) in [6.45, 7) is 2.67. The normalized spacial score (nSPS) is 9.75. The monoisotopic (exact) mass is 174 g/mol. The maximum absolute atomic E-state index is 9.83. The van der Waals surface area contributed by atoms with Crippen LogP contribution in [0.1, 0.15) is 45.4 Å². The van der Waals surface area contributed by atoms with Gasteiger partial charge in [-0.15, -0.1) is 5.43 Å². The van der Waals surface area contributed by atoms with Crippen molar-refractivity contribution in [2.45, 2.75) is 45.4 Å². The van der Waals surface area contributed by atoms with E-state index in [1.165, 1.54) is 25.7 Å². The summed E-state index contributed by atoms with van der Waals surface area (Å²) in [6, 6.07) is 0. The number of hydrazine groups is 1. The van der Waals surface area contributed by atoms with Gasteiger partial charge in [0.25, 0.3) is 0 Å². The summed E-state index contributed by atoms with van der Waals surface area (Å²) in [6.07, 6.45) is 6.99. The van der Waals surface area contributed by atoms with Gasteiger partial charge >= 0.3 is 0 Å². The van der Waals surface area contributed by atoms with Crippen molar-refractivity contribution in [1.82, 2.24) is 5.43 Å². The highest BCUT2D eigenvalue weighted by Crippen LogP contribution is 2.03. The second-order valence-corrected chi connectivity index (χ2v) is 2.93. The fraction of sp³-hybridized carbons (Fsp3) is 1.00. The molecule has 0 unspecified atom stereocenters. The minimum Gasteiger partial charge on any atom is -0.235 e. The number of nitrogens with zero attached hydrogens (tertiary/aromatic N) is 1. The summed E-state index contributed by atoms with van der Waals surface area (Å²) < 4.78 is 0. The Morgan fingerprint density at radius 1 is 1.17 bits per heavy atom. The third kappa shape index (κ3) is 9.20. The van der Waals surface area contributed by atoms with E-state index in [9.17, 15) is 10.1 Å². The molecule has 0 heterocycles. The van der Waals surface area contributed by atoms with Crippen molar-refractivity contribution in [2.75, 3.05) is 6.54 Å². The molecule has 0 aliphatic rings. The van der Waals surface area contributed by atoms with Crippen LogP contribution in [0.2, 0.25) is 0 Å². The summed E-state index contributed by atoms with van der Waals surface area (Å²) in [5.74, 6) is 0. The van der Waals surface area contributed by atoms with Crippen LogP contribution in [0.5, 0.6) is 0 Å². The molecule has 0 spiro atoms. The summed E-state index contributed by atoms with van der Waals surface area (Å²) in [4.78, 5) is 9.83. The molecule has 0 saturated heterocycles. The molecule has 0 aliphatic carbocycles. The van der Waals surface area contributed by atoms with Crippen molar-refractivity contribution >= 4 is 0 Å². The molecule has 12 heavy (non-hydrogen) atoms. The molecule has 0 radical (unpaired) electrons. The third-order valence-electron chi connectivity index (χ3n) is 1.77. The van der Waals surface area contributed by atoms with Crippen molar-refractivity contribution in [3.63, 3.8) is 0 Å². The van der Waals surface area contributed by atoms with E-state index in [2.05, 4.69) is 12.3 Å². The Labute approximate surface area is 73.5 Å². The number of rotatable bonds is 8. The molecule has 0 atom stereocenters. The molecule has 1 N–H and O–H groups in total. The predicted molar refractivity (Wildman–Crippen MR) is 48.4 cm³/mol. The first-order chi connectivity index (χ1) is 5.77. The topological polar surface area (TPSA) is 55.2 Å². The number of nitro groups is 1. The van der Waals surface area contributed by atoms with Crippen molar-refractivity contribution in [3.05, 3.63) is 10.1 Å². The molecule has 4 heteroatoms. The third-order valence-corrected chi connectivity index (χ3v) is 1.77. The summed E-state index contributed by atoms with van der Waals surface area (Å²) in [5, 5.41) is 9.35. The second-order valence-electron chi connectivity index (χ2n) is 2.93. The molecule has 0 fully saturated rings. The van der Waals surface area contributed by atoms with Gasteiger partial charge in [-0.25, -0.2) is 10.1 Å². The van der Waals surface area contributed by atoms with Crippen LogP contribution in [-0.2, 0) is 0 Å². The van der Waals surface area contributed by atoms with Crippen LogP contribution in [0.25, 0.3) is 0 Å². The van der Waals surface area contributed by atoms with E-state index in [0.29, 0.717) is 6.54 Å². The van der Waals surface area contributed by atoms with Gasteiger partial charge in [0, 0.05) is 0 Å². The van der Waals surface area contributed by atoms with Gasteiger partial charge in [0.05, 0.1) is 6.54 Å². The molecular weight excluding hydrogens is 156 g/mol. The Bertz CT molecular complexity index is 118. The lowest BCUT2D eigenvalue weighted by Gasteiger charge is -1.98. The van der Waals surface area contributed by atoms with Crippen molar-refractivity contribution < 1.29 is 5.03 Å². The van der Waals surface area contributed by atoms with Gasteiger partial charge in [-0.1, -0.05) is 39.0 Å². The van der Waals surface area contributed by atoms with Crippen LogP contribution in [-0.4, -0.2) is 11.6 Å². The van der Waals surface area contributed by atoms with Gasteiger partial charge in [0.2, 0.25) is 0 Å². The van der Waals surface area contributed by atoms with Crippen LogP contribution in [0, 0.1) is 10.1 Å². The number of hydrogen-bond acceptors (Lipinski definition) is 2. The van der Waals surface area contributed by atoms with Crippen molar-refractivity contribution in [3.8, 4) is 0 Å². The van der Waals surface area contributed by atoms with Crippen LogP contribution >= 0.6 is 0 Å². The zero-order valence-electron chi connectivity index (χ0n) is 7.71. The minimum absolute atomic E-state index is 0.480. The van der Waals surface area contributed by atoms with Gasteiger partial charge in [0.15, 0.2) is 5.03 Å². The molecule has 0 rings (SSSR count). The quantitative estimate of drug-likeness (QED) is 0.348. The van der Waals surface area contributed by atoms with Crippen LogP contribution in [0.4, 0.5) is 0 Å². The summed E-state index contributed by atoms with van der Waals surface area (Å²) in [5.41, 5.74) is 2.16. The smallest absolute Gasteiger partial charge is 0.157 e. The molecule has 0 bridgehead atoms. The van der Waals surface area contributed by atoms with Crippen LogP contribution in [0.3, 0.4) is 0 Å². The molecule has 0 aromatic heterocycles. The number of hydrogen-bond donors (Lipinski definition) is 1. The first-order valence-electron chi connectivity index (χ1n) is 4.65. The molecule has 0 saturated carbocycles. The Hall–Kier alpha value is -0.800. The fourth-order valence-electron chi connectivity index (χ4n) is 1.08. The average Bonchev–Trinajstić information content (AvgIpc) is 2.02. The summed E-state index contributed by atoms with van der Waals surface area (Å²) in [7, 11) is 0. The number of nitrogens with one attached hydrogen (secondary N) is 1. The summed E-state index contributed by atoms with van der Waals surface area (Å²) >= 11 is 0. The van der Waals surface area contributed by atoms with E-state index in [0.717, 1.165) is 12.8 Å². The lowest BCUT2D eigenvalue weighted by atomic mass is 10.1. The zero-order valence-corrected chi connectivity index (χ0v) is 7.71. The minimum atomic E-state index is -0.480. The molecule has 72 valence electrons. The van der Waals surface area contributed by atoms with Gasteiger partial charge in [-0.3, -0.25) is 0 Å². The van der Waals surface area contributed by atoms with Crippen LogP contribution < -0.4 is 5.43 Å². The van der Waals surface area contributed by atoms with Crippen LogP contribution in [0.15, 0.2) is 0 Å². The van der Waals surface area contributed by atoms with E-state index >= 15 is 0 Å². The van der Waals surface area contributed by atoms with Gasteiger partial charge in [-0.2, -0.15) is 0 Å². The van der Waals surface area contributed by atoms with Crippen molar-refractivity contribution in [1.29, 1.82) is 0 Å². The molecule has 0 aromatic carbocycles. The molecule has 4 nitrogen and oxygen atoms in total. The van der Waals surface area contributed by atoms with Gasteiger partial charge < -0.3 is 0 Å². The zero-order chi connectivity index (χ0) is 9.23. The predicted octanol–water partition coefficient (Wildman–Crippen LogP) is 2.13. The standard InChI is InChI=1S/C8H18N2O2/c1-2-3-4-5-6-7-8-9-10(11)12/h9H,2-8H2,1H3. The SMILES string of the molecule is CCCCCCCCN[N+](=O)[O-]. The Morgan fingerprint density at radius 2 is 1.75 bits per heavy atom. The lowest BCUT2D eigenvalue weighted by molar-refractivity contribution is -0.544. The van der Waals surface area contributed by atoms with Gasteiger partial charge in [0.1, 0.15) is 0 Å². The highest BCUT2D eigenvalue weighted by molar-refractivity contribution is 4.44. The molecule has 0 amide bonds. The van der Waals surface area contributed by atoms with Gasteiger partial charge in [-0.05, 0) is 6.42 Å². The van der Waals surface area contributed by atoms with E-state index in [1.54, 1.807) is 0 Å². The molecule has 0 aromatic rings. The van der Waals surface area contributed by atoms with Crippen molar-refractivity contribution in [2.24, 2.45) is 0 Å². The second kappa shape index (κ2) is 8.30. The molecular formula is C8H18N2O2. The largest absolute Gasteiger partial charge is 0.235 e. The molecule has 0 aliphatic heterocycles.